The Bertz CT molecular complexity index is 1250. The van der Waals surface area contributed by atoms with Crippen molar-refractivity contribution >= 4 is 16.9 Å². The van der Waals surface area contributed by atoms with E-state index < -0.39 is 0 Å². The summed E-state index contributed by atoms with van der Waals surface area (Å²) in [6, 6.07) is 18.1. The van der Waals surface area contributed by atoms with E-state index in [1.807, 2.05) is 42.5 Å². The summed E-state index contributed by atoms with van der Waals surface area (Å²) in [5.74, 6) is 0.00361. The van der Waals surface area contributed by atoms with E-state index in [1.165, 1.54) is 6.07 Å². The van der Waals surface area contributed by atoms with Gasteiger partial charge in [-0.1, -0.05) is 24.3 Å². The second-order valence-corrected chi connectivity index (χ2v) is 7.37. The van der Waals surface area contributed by atoms with Gasteiger partial charge >= 0.3 is 5.97 Å². The molecule has 4 rings (SSSR count). The Labute approximate surface area is 185 Å². The van der Waals surface area contributed by atoms with E-state index in [2.05, 4.69) is 0 Å². The highest BCUT2D eigenvalue weighted by molar-refractivity contribution is 5.93. The van der Waals surface area contributed by atoms with Gasteiger partial charge in [0.15, 0.2) is 0 Å². The quantitative estimate of drug-likeness (QED) is 0.378. The van der Waals surface area contributed by atoms with Gasteiger partial charge in [-0.3, -0.25) is 4.79 Å². The molecule has 4 aromatic rings. The fourth-order valence-corrected chi connectivity index (χ4v) is 3.66. The summed E-state index contributed by atoms with van der Waals surface area (Å²) >= 11 is 0. The number of hydrogen-bond acceptors (Lipinski definition) is 5. The number of rotatable bonds is 8. The molecule has 164 valence electrons. The van der Waals surface area contributed by atoms with Crippen LogP contribution >= 0.6 is 0 Å². The average Bonchev–Trinajstić information content (AvgIpc) is 3.27. The Kier molecular flexibility index (Phi) is 6.52. The Balaban J connectivity index is 1.63. The SMILES string of the molecule is CCOC(=O)Cc1ccccc1OCc1cc(-c2ccc(F)c(CN)c2)c2occc2c1. The van der Waals surface area contributed by atoms with Crippen LogP contribution in [0, 0.1) is 5.82 Å². The number of nitrogens with two attached hydrogens (primary N) is 1. The second kappa shape index (κ2) is 9.66. The van der Waals surface area contributed by atoms with Gasteiger partial charge in [0.2, 0.25) is 0 Å². The Morgan fingerprint density at radius 2 is 1.91 bits per heavy atom. The van der Waals surface area contributed by atoms with Crippen LogP contribution in [0.3, 0.4) is 0 Å². The van der Waals surface area contributed by atoms with Crippen molar-refractivity contribution in [3.63, 3.8) is 0 Å². The molecule has 0 aliphatic rings. The molecule has 0 spiro atoms. The minimum Gasteiger partial charge on any atom is -0.489 e. The number of ether oxygens (including phenoxy) is 2. The van der Waals surface area contributed by atoms with E-state index in [9.17, 15) is 9.18 Å². The van der Waals surface area contributed by atoms with Crippen molar-refractivity contribution in [1.29, 1.82) is 0 Å². The Morgan fingerprint density at radius 1 is 1.06 bits per heavy atom. The molecule has 0 saturated carbocycles. The summed E-state index contributed by atoms with van der Waals surface area (Å²) in [6.07, 6.45) is 1.77. The highest BCUT2D eigenvalue weighted by atomic mass is 19.1. The van der Waals surface area contributed by atoms with Gasteiger partial charge in [0.25, 0.3) is 0 Å². The molecule has 0 bridgehead atoms. The number of carbonyl (C=O) groups is 1. The number of furan rings is 1. The number of esters is 1. The van der Waals surface area contributed by atoms with Crippen molar-refractivity contribution in [3.8, 4) is 16.9 Å². The van der Waals surface area contributed by atoms with Crippen LogP contribution in [0.5, 0.6) is 5.75 Å². The summed E-state index contributed by atoms with van der Waals surface area (Å²) in [5.41, 5.74) is 10.2. The van der Waals surface area contributed by atoms with E-state index in [0.717, 1.165) is 27.6 Å². The first kappa shape index (κ1) is 21.6. The van der Waals surface area contributed by atoms with Crippen molar-refractivity contribution in [3.05, 3.63) is 89.4 Å². The van der Waals surface area contributed by atoms with Gasteiger partial charge in [0.05, 0.1) is 19.3 Å². The molecule has 2 N–H and O–H groups in total. The zero-order valence-corrected chi connectivity index (χ0v) is 17.8. The van der Waals surface area contributed by atoms with E-state index >= 15 is 0 Å². The first-order chi connectivity index (χ1) is 15.6. The second-order valence-electron chi connectivity index (χ2n) is 7.37. The monoisotopic (exact) mass is 433 g/mol. The molecule has 0 atom stereocenters. The number of fused-ring (bicyclic) bond motifs is 1. The lowest BCUT2D eigenvalue weighted by Gasteiger charge is -2.13. The maximum Gasteiger partial charge on any atom is 0.310 e. The molecular weight excluding hydrogens is 409 g/mol. The van der Waals surface area contributed by atoms with Crippen LogP contribution in [-0.4, -0.2) is 12.6 Å². The topological polar surface area (TPSA) is 74.7 Å². The standard InChI is InChI=1S/C26H24FNO4/c1-2-30-25(29)14-19-5-3-4-6-24(19)32-16-17-11-20-9-10-31-26(20)22(12-17)18-7-8-23(27)21(13-18)15-28/h3-13H,2,14-16,28H2,1H3. The third-order valence-corrected chi connectivity index (χ3v) is 5.19. The lowest BCUT2D eigenvalue weighted by Crippen LogP contribution is -2.09. The molecule has 6 heteroatoms. The third kappa shape index (κ3) is 4.65. The highest BCUT2D eigenvalue weighted by Gasteiger charge is 2.14. The molecule has 0 radical (unpaired) electrons. The predicted molar refractivity (Wildman–Crippen MR) is 121 cm³/mol. The van der Waals surface area contributed by atoms with Crippen LogP contribution in [0.1, 0.15) is 23.6 Å². The summed E-state index contributed by atoms with van der Waals surface area (Å²) < 4.78 is 30.8. The van der Waals surface area contributed by atoms with Crippen LogP contribution < -0.4 is 10.5 Å². The van der Waals surface area contributed by atoms with E-state index in [0.29, 0.717) is 30.1 Å². The zero-order chi connectivity index (χ0) is 22.5. The van der Waals surface area contributed by atoms with Crippen molar-refractivity contribution in [2.75, 3.05) is 6.61 Å². The molecule has 0 aliphatic carbocycles. The molecule has 3 aromatic carbocycles. The van der Waals surface area contributed by atoms with Crippen LogP contribution in [0.25, 0.3) is 22.1 Å². The smallest absolute Gasteiger partial charge is 0.310 e. The molecule has 0 unspecified atom stereocenters. The predicted octanol–water partition coefficient (Wildman–Crippen LogP) is 5.38. The van der Waals surface area contributed by atoms with Gasteiger partial charge in [-0.05, 0) is 54.4 Å². The molecule has 0 aliphatic heterocycles. The first-order valence-electron chi connectivity index (χ1n) is 10.4. The lowest BCUT2D eigenvalue weighted by molar-refractivity contribution is -0.142. The van der Waals surface area contributed by atoms with Crippen molar-refractivity contribution in [1.82, 2.24) is 0 Å². The molecule has 0 amide bonds. The largest absolute Gasteiger partial charge is 0.489 e. The molecule has 0 saturated heterocycles. The third-order valence-electron chi connectivity index (χ3n) is 5.19. The number of hydrogen-bond donors (Lipinski definition) is 1. The number of para-hydroxylation sites is 1. The van der Waals surface area contributed by atoms with Gasteiger partial charge in [0.1, 0.15) is 23.8 Å². The molecule has 1 heterocycles. The summed E-state index contributed by atoms with van der Waals surface area (Å²) in [7, 11) is 0. The zero-order valence-electron chi connectivity index (χ0n) is 17.8. The van der Waals surface area contributed by atoms with Crippen LogP contribution in [0.15, 0.2) is 71.3 Å². The minimum atomic E-state index is -0.329. The number of benzene rings is 3. The van der Waals surface area contributed by atoms with E-state index in [4.69, 9.17) is 19.6 Å². The van der Waals surface area contributed by atoms with Crippen LogP contribution in [0.4, 0.5) is 4.39 Å². The van der Waals surface area contributed by atoms with Crippen LogP contribution in [-0.2, 0) is 29.1 Å². The normalized spacial score (nSPS) is 11.0. The number of halogens is 1. The maximum atomic E-state index is 13.9. The lowest BCUT2D eigenvalue weighted by atomic mass is 9.98. The summed E-state index contributed by atoms with van der Waals surface area (Å²) in [5, 5.41) is 0.916. The minimum absolute atomic E-state index is 0.112. The first-order valence-corrected chi connectivity index (χ1v) is 10.4. The fourth-order valence-electron chi connectivity index (χ4n) is 3.66. The summed E-state index contributed by atoms with van der Waals surface area (Å²) in [4.78, 5) is 11.9. The van der Waals surface area contributed by atoms with Crippen LogP contribution in [0.2, 0.25) is 0 Å². The fraction of sp³-hybridized carbons (Fsp3) is 0.192. The van der Waals surface area contributed by atoms with Crippen molar-refractivity contribution < 1.29 is 23.1 Å². The van der Waals surface area contributed by atoms with Gasteiger partial charge in [-0.15, -0.1) is 0 Å². The maximum absolute atomic E-state index is 13.9. The summed E-state index contributed by atoms with van der Waals surface area (Å²) in [6.45, 7) is 2.52. The van der Waals surface area contributed by atoms with Crippen molar-refractivity contribution in [2.45, 2.75) is 26.5 Å². The van der Waals surface area contributed by atoms with Gasteiger partial charge in [-0.2, -0.15) is 0 Å². The number of carbonyl (C=O) groups excluding carboxylic acids is 1. The highest BCUT2D eigenvalue weighted by Crippen LogP contribution is 2.33. The Hall–Kier alpha value is -3.64. The van der Waals surface area contributed by atoms with Gasteiger partial charge < -0.3 is 19.6 Å². The van der Waals surface area contributed by atoms with Crippen molar-refractivity contribution in [2.24, 2.45) is 5.73 Å². The molecule has 5 nitrogen and oxygen atoms in total. The molecule has 1 aromatic heterocycles. The average molecular weight is 433 g/mol. The molecule has 0 fully saturated rings. The van der Waals surface area contributed by atoms with E-state index in [-0.39, 0.29) is 24.8 Å². The Morgan fingerprint density at radius 3 is 2.72 bits per heavy atom. The van der Waals surface area contributed by atoms with Gasteiger partial charge in [-0.25, -0.2) is 4.39 Å². The molecule has 32 heavy (non-hydrogen) atoms. The van der Waals surface area contributed by atoms with E-state index in [1.54, 1.807) is 25.3 Å². The van der Waals surface area contributed by atoms with Gasteiger partial charge in [0, 0.05) is 28.6 Å². The molecular formula is C26H24FNO4.